The number of carbonyl (C=O) groups excluding carboxylic acids is 2. The van der Waals surface area contributed by atoms with E-state index in [0.29, 0.717) is 6.54 Å². The molecule has 0 spiro atoms. The molecule has 82 valence electrons. The third-order valence-electron chi connectivity index (χ3n) is 1.70. The van der Waals surface area contributed by atoms with Crippen molar-refractivity contribution in [2.24, 2.45) is 9.39 Å². The Bertz CT molecular complexity index is 421. The Balaban J connectivity index is 2.44. The minimum absolute atomic E-state index is 0.362. The fraction of sp³-hybridized carbons (Fsp3) is 0.200. The maximum Gasteiger partial charge on any atom is 0.248 e. The van der Waals surface area contributed by atoms with Crippen LogP contribution in [0.5, 0.6) is 0 Å². The molecule has 1 rings (SSSR count). The van der Waals surface area contributed by atoms with Crippen LogP contribution in [0.4, 0.5) is 0 Å². The van der Waals surface area contributed by atoms with Gasteiger partial charge in [0.25, 0.3) is 0 Å². The molecular weight excluding hydrogens is 244 g/mol. The molecule has 0 aliphatic carbocycles. The van der Waals surface area contributed by atoms with E-state index in [1.807, 2.05) is 24.3 Å². The first-order chi connectivity index (χ1) is 7.86. The monoisotopic (exact) mass is 252 g/mol. The summed E-state index contributed by atoms with van der Waals surface area (Å²) in [5.74, 6) is 0.757. The summed E-state index contributed by atoms with van der Waals surface area (Å²) in [6, 6.07) is 7.72. The molecule has 0 N–H and O–H groups in total. The van der Waals surface area contributed by atoms with Crippen LogP contribution in [0.2, 0.25) is 0 Å². The number of nitrogens with zero attached hydrogens (tertiary/aromatic N) is 2. The van der Waals surface area contributed by atoms with Crippen LogP contribution in [0, 0.1) is 0 Å². The SMILES string of the molecule is O=C=NCc1ccc(CSSN=C=O)cc1. The van der Waals surface area contributed by atoms with Crippen LogP contribution in [0.3, 0.4) is 0 Å². The molecule has 1 aromatic rings. The molecule has 6 heteroatoms. The van der Waals surface area contributed by atoms with E-state index < -0.39 is 0 Å². The van der Waals surface area contributed by atoms with Crippen LogP contribution in [-0.4, -0.2) is 12.2 Å². The summed E-state index contributed by atoms with van der Waals surface area (Å²) in [4.78, 5) is 23.2. The highest BCUT2D eigenvalue weighted by Crippen LogP contribution is 2.26. The van der Waals surface area contributed by atoms with Gasteiger partial charge in [-0.1, -0.05) is 35.1 Å². The van der Waals surface area contributed by atoms with Crippen LogP contribution in [-0.2, 0) is 21.9 Å². The average molecular weight is 252 g/mol. The van der Waals surface area contributed by atoms with Crippen LogP contribution in [0.25, 0.3) is 0 Å². The lowest BCUT2D eigenvalue weighted by molar-refractivity contribution is 0.562. The molecule has 0 saturated carbocycles. The zero-order valence-corrected chi connectivity index (χ0v) is 9.88. The molecule has 16 heavy (non-hydrogen) atoms. The Hall–Kier alpha value is -1.32. The van der Waals surface area contributed by atoms with Crippen LogP contribution in [0.1, 0.15) is 11.1 Å². The summed E-state index contributed by atoms with van der Waals surface area (Å²) < 4.78 is 3.36. The quantitative estimate of drug-likeness (QED) is 0.257. The molecule has 0 aromatic heterocycles. The van der Waals surface area contributed by atoms with E-state index in [-0.39, 0.29) is 0 Å². The summed E-state index contributed by atoms with van der Waals surface area (Å²) in [5.41, 5.74) is 2.09. The second-order valence-electron chi connectivity index (χ2n) is 2.74. The van der Waals surface area contributed by atoms with Crippen molar-refractivity contribution in [2.45, 2.75) is 12.3 Å². The van der Waals surface area contributed by atoms with Crippen molar-refractivity contribution in [3.63, 3.8) is 0 Å². The first kappa shape index (κ1) is 12.7. The number of rotatable bonds is 6. The van der Waals surface area contributed by atoms with Gasteiger partial charge in [-0.25, -0.2) is 14.6 Å². The number of aliphatic imine (C=N–C) groups is 1. The summed E-state index contributed by atoms with van der Waals surface area (Å²) in [5, 5.41) is 0. The minimum atomic E-state index is 0.362. The van der Waals surface area contributed by atoms with Crippen molar-refractivity contribution in [3.05, 3.63) is 35.4 Å². The standard InChI is InChI=1S/C10H8N2O2S2/c13-7-11-5-9-1-3-10(4-2-9)6-15-16-12-8-14/h1-4H,5-6H2. The maximum atomic E-state index is 9.91. The van der Waals surface area contributed by atoms with Crippen molar-refractivity contribution in [1.82, 2.24) is 0 Å². The lowest BCUT2D eigenvalue weighted by Gasteiger charge is -1.99. The normalized spacial score (nSPS) is 9.00. The van der Waals surface area contributed by atoms with Gasteiger partial charge in [0.05, 0.1) is 17.5 Å². The van der Waals surface area contributed by atoms with Gasteiger partial charge in [0.1, 0.15) is 0 Å². The number of hydrogen-bond acceptors (Lipinski definition) is 6. The highest BCUT2D eigenvalue weighted by Gasteiger charge is 1.95. The van der Waals surface area contributed by atoms with Crippen molar-refractivity contribution < 1.29 is 9.59 Å². The molecule has 0 atom stereocenters. The van der Waals surface area contributed by atoms with Gasteiger partial charge in [-0.3, -0.25) is 0 Å². The second kappa shape index (κ2) is 7.91. The third-order valence-corrected chi connectivity index (χ3v) is 3.30. The smallest absolute Gasteiger partial charge is 0.211 e. The van der Waals surface area contributed by atoms with Crippen molar-refractivity contribution in [2.75, 3.05) is 0 Å². The number of benzene rings is 1. The molecule has 1 aromatic carbocycles. The predicted molar refractivity (Wildman–Crippen MR) is 65.3 cm³/mol. The molecule has 0 unspecified atom stereocenters. The number of isocyanates is 2. The van der Waals surface area contributed by atoms with Crippen LogP contribution < -0.4 is 0 Å². The molecule has 0 aliphatic heterocycles. The topological polar surface area (TPSA) is 58.9 Å². The summed E-state index contributed by atoms with van der Waals surface area (Å²) >= 11 is 0. The van der Waals surface area contributed by atoms with E-state index in [9.17, 15) is 9.59 Å². The maximum absolute atomic E-state index is 9.91. The van der Waals surface area contributed by atoms with Gasteiger partial charge in [0.15, 0.2) is 0 Å². The molecule has 0 bridgehead atoms. The van der Waals surface area contributed by atoms with Crippen LogP contribution >= 0.6 is 21.8 Å². The highest BCUT2D eigenvalue weighted by molar-refractivity contribution is 8.75. The molecule has 0 amide bonds. The summed E-state index contributed by atoms with van der Waals surface area (Å²) in [6.45, 7) is 0.362. The Morgan fingerprint density at radius 1 is 1.06 bits per heavy atom. The average Bonchev–Trinajstić information content (AvgIpc) is 2.33. The Labute approximate surface area is 101 Å². The molecule has 4 nitrogen and oxygen atoms in total. The van der Waals surface area contributed by atoms with E-state index in [2.05, 4.69) is 9.39 Å². The molecular formula is C10H8N2O2S2. The van der Waals surface area contributed by atoms with Gasteiger partial charge >= 0.3 is 0 Å². The molecule has 0 aliphatic rings. The van der Waals surface area contributed by atoms with E-state index in [1.165, 1.54) is 23.0 Å². The second-order valence-corrected chi connectivity index (χ2v) is 4.75. The van der Waals surface area contributed by atoms with Gasteiger partial charge < -0.3 is 0 Å². The van der Waals surface area contributed by atoms with Gasteiger partial charge in [0, 0.05) is 5.75 Å². The van der Waals surface area contributed by atoms with Gasteiger partial charge in [0.2, 0.25) is 12.2 Å². The largest absolute Gasteiger partial charge is 0.248 e. The number of hydrogen-bond donors (Lipinski definition) is 0. The van der Waals surface area contributed by atoms with E-state index in [4.69, 9.17) is 0 Å². The zero-order chi connectivity index (χ0) is 11.6. The highest BCUT2D eigenvalue weighted by atomic mass is 33.1. The Morgan fingerprint density at radius 3 is 2.38 bits per heavy atom. The first-order valence-corrected chi connectivity index (χ1v) is 6.61. The minimum Gasteiger partial charge on any atom is -0.211 e. The fourth-order valence-electron chi connectivity index (χ4n) is 1.00. The van der Waals surface area contributed by atoms with E-state index >= 15 is 0 Å². The molecule has 0 heterocycles. The predicted octanol–water partition coefficient (Wildman–Crippen LogP) is 2.65. The van der Waals surface area contributed by atoms with Crippen LogP contribution in [0.15, 0.2) is 33.7 Å². The molecule has 0 radical (unpaired) electrons. The van der Waals surface area contributed by atoms with E-state index in [0.717, 1.165) is 27.9 Å². The molecule has 0 fully saturated rings. The van der Waals surface area contributed by atoms with Gasteiger partial charge in [-0.15, -0.1) is 4.40 Å². The van der Waals surface area contributed by atoms with Crippen molar-refractivity contribution >= 4 is 33.9 Å². The summed E-state index contributed by atoms with van der Waals surface area (Å²) in [7, 11) is 2.57. The Morgan fingerprint density at radius 2 is 1.75 bits per heavy atom. The zero-order valence-electron chi connectivity index (χ0n) is 8.25. The lowest BCUT2D eigenvalue weighted by Crippen LogP contribution is -1.83. The Kier molecular flexibility index (Phi) is 6.30. The van der Waals surface area contributed by atoms with Crippen molar-refractivity contribution in [1.29, 1.82) is 0 Å². The fourth-order valence-corrected chi connectivity index (χ4v) is 2.28. The van der Waals surface area contributed by atoms with Gasteiger partial charge in [-0.05, 0) is 11.1 Å². The van der Waals surface area contributed by atoms with Gasteiger partial charge in [-0.2, -0.15) is 0 Å². The third kappa shape index (κ3) is 4.96. The van der Waals surface area contributed by atoms with Crippen molar-refractivity contribution in [3.8, 4) is 0 Å². The molecule has 0 saturated heterocycles. The lowest BCUT2D eigenvalue weighted by atomic mass is 10.1. The van der Waals surface area contributed by atoms with E-state index in [1.54, 1.807) is 0 Å². The first-order valence-electron chi connectivity index (χ1n) is 4.34. The summed E-state index contributed by atoms with van der Waals surface area (Å²) in [6.07, 6.45) is 2.95.